The van der Waals surface area contributed by atoms with E-state index in [-0.39, 0.29) is 34.8 Å². The van der Waals surface area contributed by atoms with Crippen LogP contribution in [0.2, 0.25) is 5.02 Å². The van der Waals surface area contributed by atoms with Crippen molar-refractivity contribution < 1.29 is 22.7 Å². The third-order valence-electron chi connectivity index (χ3n) is 6.05. The predicted octanol–water partition coefficient (Wildman–Crippen LogP) is 4.04. The fourth-order valence-electron chi connectivity index (χ4n) is 4.43. The highest BCUT2D eigenvalue weighted by Gasteiger charge is 2.42. The van der Waals surface area contributed by atoms with Crippen LogP contribution in [0.4, 0.5) is 30.6 Å². The summed E-state index contributed by atoms with van der Waals surface area (Å²) in [6.45, 7) is 1.13. The van der Waals surface area contributed by atoms with Gasteiger partial charge in [-0.05, 0) is 18.6 Å². The van der Waals surface area contributed by atoms with E-state index < -0.39 is 11.7 Å². The topological polar surface area (TPSA) is 84.3 Å². The van der Waals surface area contributed by atoms with E-state index >= 15 is 0 Å². The summed E-state index contributed by atoms with van der Waals surface area (Å²) in [5.74, 6) is -0.474. The Balaban J connectivity index is 1.47. The Bertz CT molecular complexity index is 1260. The molecular weight excluding hydrogens is 461 g/mol. The monoisotopic (exact) mass is 480 g/mol. The predicted molar refractivity (Wildman–Crippen MR) is 117 cm³/mol. The highest BCUT2D eigenvalue weighted by atomic mass is 35.5. The number of alkyl halides is 3. The number of amides is 1. The van der Waals surface area contributed by atoms with E-state index in [4.69, 9.17) is 16.3 Å². The van der Waals surface area contributed by atoms with Gasteiger partial charge in [-0.1, -0.05) is 11.6 Å². The van der Waals surface area contributed by atoms with Gasteiger partial charge in [0.15, 0.2) is 0 Å². The first kappa shape index (κ1) is 21.8. The van der Waals surface area contributed by atoms with Gasteiger partial charge in [0, 0.05) is 38.4 Å². The number of halogens is 4. The standard InChI is InChI=1S/C21H20ClF3N6O2/c1-26-18-14(21(23,24)25)6-27-20(29-18)28-16-5-17-12(4-15(16)22)13(8-30(17)2)19(32)31-7-11-3-10(31)9-33-11/h4-6,8,10-11H,3,7,9H2,1-2H3,(H2,26,27,28,29). The molecular formula is C21H20ClF3N6O2. The van der Waals surface area contributed by atoms with Gasteiger partial charge in [-0.3, -0.25) is 4.79 Å². The molecule has 174 valence electrons. The lowest BCUT2D eigenvalue weighted by Crippen LogP contribution is -2.41. The number of rotatable bonds is 4. The van der Waals surface area contributed by atoms with Gasteiger partial charge in [0.2, 0.25) is 5.95 Å². The molecule has 8 nitrogen and oxygen atoms in total. The summed E-state index contributed by atoms with van der Waals surface area (Å²) < 4.78 is 46.7. The molecule has 2 aliphatic heterocycles. The van der Waals surface area contributed by atoms with E-state index in [2.05, 4.69) is 20.6 Å². The highest BCUT2D eigenvalue weighted by molar-refractivity contribution is 6.34. The number of hydrogen-bond acceptors (Lipinski definition) is 6. The minimum Gasteiger partial charge on any atom is -0.374 e. The maximum absolute atomic E-state index is 13.2. The number of aryl methyl sites for hydroxylation is 1. The second-order valence-corrected chi connectivity index (χ2v) is 8.54. The van der Waals surface area contributed by atoms with Crippen molar-refractivity contribution in [2.75, 3.05) is 30.8 Å². The first-order valence-electron chi connectivity index (χ1n) is 10.3. The molecule has 4 heterocycles. The summed E-state index contributed by atoms with van der Waals surface area (Å²) >= 11 is 6.47. The average molecular weight is 481 g/mol. The summed E-state index contributed by atoms with van der Waals surface area (Å²) in [4.78, 5) is 22.8. The smallest absolute Gasteiger partial charge is 0.374 e. The lowest BCUT2D eigenvalue weighted by molar-refractivity contribution is -0.137. The van der Waals surface area contributed by atoms with Gasteiger partial charge < -0.3 is 24.8 Å². The normalized spacial score (nSPS) is 20.0. The molecule has 1 aromatic carbocycles. The minimum atomic E-state index is -4.58. The van der Waals surface area contributed by atoms with Gasteiger partial charge in [-0.25, -0.2) is 4.98 Å². The van der Waals surface area contributed by atoms with Crippen LogP contribution in [0.15, 0.2) is 24.5 Å². The molecule has 2 aromatic heterocycles. The van der Waals surface area contributed by atoms with Crippen LogP contribution in [0, 0.1) is 0 Å². The van der Waals surface area contributed by atoms with Crippen LogP contribution in [-0.2, 0) is 18.0 Å². The third-order valence-corrected chi connectivity index (χ3v) is 6.36. The fraction of sp³-hybridized carbons (Fsp3) is 0.381. The summed E-state index contributed by atoms with van der Waals surface area (Å²) in [7, 11) is 3.16. The first-order chi connectivity index (χ1) is 15.7. The molecule has 0 aliphatic carbocycles. The van der Waals surface area contributed by atoms with E-state index in [1.807, 2.05) is 16.5 Å². The Morgan fingerprint density at radius 2 is 2.12 bits per heavy atom. The maximum atomic E-state index is 13.2. The molecule has 2 atom stereocenters. The van der Waals surface area contributed by atoms with E-state index in [9.17, 15) is 18.0 Å². The van der Waals surface area contributed by atoms with Gasteiger partial charge in [0.05, 0.1) is 40.5 Å². The number of carbonyl (C=O) groups is 1. The fourth-order valence-corrected chi connectivity index (χ4v) is 4.64. The van der Waals surface area contributed by atoms with Crippen LogP contribution in [0.25, 0.3) is 10.9 Å². The van der Waals surface area contributed by atoms with Crippen molar-refractivity contribution in [3.8, 4) is 0 Å². The molecule has 2 N–H and O–H groups in total. The van der Waals surface area contributed by atoms with E-state index in [1.54, 1.807) is 18.3 Å². The molecule has 3 aromatic rings. The zero-order chi connectivity index (χ0) is 23.5. The van der Waals surface area contributed by atoms with Crippen molar-refractivity contribution in [2.45, 2.75) is 24.7 Å². The molecule has 33 heavy (non-hydrogen) atoms. The molecule has 2 fully saturated rings. The van der Waals surface area contributed by atoms with Gasteiger partial charge >= 0.3 is 6.18 Å². The van der Waals surface area contributed by atoms with Crippen LogP contribution < -0.4 is 10.6 Å². The molecule has 2 bridgehead atoms. The van der Waals surface area contributed by atoms with Crippen LogP contribution in [-0.4, -0.2) is 57.7 Å². The van der Waals surface area contributed by atoms with E-state index in [1.165, 1.54) is 7.05 Å². The second-order valence-electron chi connectivity index (χ2n) is 8.13. The van der Waals surface area contributed by atoms with Gasteiger partial charge in [-0.2, -0.15) is 18.2 Å². The number of aromatic nitrogens is 3. The van der Waals surface area contributed by atoms with E-state index in [0.29, 0.717) is 36.0 Å². The number of likely N-dealkylation sites (tertiary alicyclic amines) is 1. The quantitative estimate of drug-likeness (QED) is 0.586. The lowest BCUT2D eigenvalue weighted by atomic mass is 10.1. The Hall–Kier alpha value is -3.05. The molecule has 5 rings (SSSR count). The molecule has 1 amide bonds. The number of ether oxygens (including phenoxy) is 1. The number of fused-ring (bicyclic) bond motifs is 3. The zero-order valence-electron chi connectivity index (χ0n) is 17.7. The Labute approximate surface area is 191 Å². The molecule has 12 heteroatoms. The third kappa shape index (κ3) is 3.74. The summed E-state index contributed by atoms with van der Waals surface area (Å²) in [5.41, 5.74) is 0.701. The Kier molecular flexibility index (Phi) is 5.13. The summed E-state index contributed by atoms with van der Waals surface area (Å²) in [6.07, 6.45) is -1.17. The van der Waals surface area contributed by atoms with Crippen molar-refractivity contribution in [2.24, 2.45) is 7.05 Å². The second kappa shape index (κ2) is 7.77. The molecule has 2 saturated heterocycles. The zero-order valence-corrected chi connectivity index (χ0v) is 18.5. The summed E-state index contributed by atoms with van der Waals surface area (Å²) in [6, 6.07) is 3.47. The van der Waals surface area contributed by atoms with Crippen molar-refractivity contribution >= 4 is 45.9 Å². The van der Waals surface area contributed by atoms with Gasteiger partial charge in [0.25, 0.3) is 5.91 Å². The SMILES string of the molecule is CNc1nc(Nc2cc3c(cc2Cl)c(C(=O)N2CC4CC2CO4)cn3C)ncc1C(F)(F)F. The van der Waals surface area contributed by atoms with Crippen molar-refractivity contribution in [3.05, 3.63) is 40.7 Å². The van der Waals surface area contributed by atoms with Crippen LogP contribution >= 0.6 is 11.6 Å². The van der Waals surface area contributed by atoms with Gasteiger partial charge in [-0.15, -0.1) is 0 Å². The molecule has 2 unspecified atom stereocenters. The Morgan fingerprint density at radius 3 is 2.76 bits per heavy atom. The van der Waals surface area contributed by atoms with Crippen LogP contribution in [0.1, 0.15) is 22.3 Å². The van der Waals surface area contributed by atoms with Crippen LogP contribution in [0.5, 0.6) is 0 Å². The highest BCUT2D eigenvalue weighted by Crippen LogP contribution is 2.37. The first-order valence-corrected chi connectivity index (χ1v) is 10.6. The van der Waals surface area contributed by atoms with Gasteiger partial charge in [0.1, 0.15) is 11.4 Å². The molecule has 0 spiro atoms. The van der Waals surface area contributed by atoms with Crippen LogP contribution in [0.3, 0.4) is 0 Å². The number of nitrogens with one attached hydrogen (secondary N) is 2. The van der Waals surface area contributed by atoms with Crippen molar-refractivity contribution in [3.63, 3.8) is 0 Å². The Morgan fingerprint density at radius 1 is 1.33 bits per heavy atom. The number of carbonyl (C=O) groups excluding carboxylic acids is 1. The maximum Gasteiger partial charge on any atom is 0.421 e. The lowest BCUT2D eigenvalue weighted by Gasteiger charge is -2.26. The number of benzene rings is 1. The molecule has 0 saturated carbocycles. The summed E-state index contributed by atoms with van der Waals surface area (Å²) in [5, 5.41) is 6.28. The van der Waals surface area contributed by atoms with E-state index in [0.717, 1.165) is 11.9 Å². The minimum absolute atomic E-state index is 0.0489. The van der Waals surface area contributed by atoms with Crippen molar-refractivity contribution in [1.82, 2.24) is 19.4 Å². The van der Waals surface area contributed by atoms with Crippen molar-refractivity contribution in [1.29, 1.82) is 0 Å². The largest absolute Gasteiger partial charge is 0.421 e. The average Bonchev–Trinajstić information content (AvgIpc) is 3.48. The molecule has 2 aliphatic rings. The molecule has 0 radical (unpaired) electrons. The number of morpholine rings is 1. The number of nitrogens with zero attached hydrogens (tertiary/aromatic N) is 4. The number of anilines is 3. The number of hydrogen-bond donors (Lipinski definition) is 2.